The lowest BCUT2D eigenvalue weighted by Gasteiger charge is -2.38. The third-order valence-corrected chi connectivity index (χ3v) is 7.54. The molecular formula is C27H32N4O6S2. The van der Waals surface area contributed by atoms with Gasteiger partial charge in [0, 0.05) is 13.1 Å². The second-order valence-electron chi connectivity index (χ2n) is 9.07. The van der Waals surface area contributed by atoms with Crippen molar-refractivity contribution in [2.45, 2.75) is 51.3 Å². The van der Waals surface area contributed by atoms with Crippen molar-refractivity contribution in [2.24, 2.45) is 11.0 Å². The molecule has 3 rings (SSSR count). The predicted molar refractivity (Wildman–Crippen MR) is 153 cm³/mol. The first kappa shape index (κ1) is 30.1. The summed E-state index contributed by atoms with van der Waals surface area (Å²) >= 11 is 5.47. The lowest BCUT2D eigenvalue weighted by molar-refractivity contribution is -0.144. The molecule has 208 valence electrons. The Labute approximate surface area is 234 Å². The molecule has 12 heteroatoms. The largest absolute Gasteiger partial charge is 0.294 e. The van der Waals surface area contributed by atoms with Crippen LogP contribution in [0.1, 0.15) is 46.5 Å². The van der Waals surface area contributed by atoms with Gasteiger partial charge in [0.15, 0.2) is 5.11 Å². The van der Waals surface area contributed by atoms with Crippen LogP contribution in [0.5, 0.6) is 0 Å². The van der Waals surface area contributed by atoms with E-state index in [4.69, 9.17) is 16.8 Å². The summed E-state index contributed by atoms with van der Waals surface area (Å²) in [7, 11) is -4.35. The van der Waals surface area contributed by atoms with E-state index < -0.39 is 21.9 Å². The van der Waals surface area contributed by atoms with Crippen molar-refractivity contribution in [1.29, 1.82) is 0 Å². The van der Waals surface area contributed by atoms with Crippen LogP contribution in [-0.2, 0) is 24.5 Å². The van der Waals surface area contributed by atoms with Gasteiger partial charge in [0.05, 0.1) is 21.9 Å². The number of rotatable bonds is 11. The summed E-state index contributed by atoms with van der Waals surface area (Å²) in [6.07, 6.45) is 11.3. The molecule has 1 N–H and O–H groups in total. The molecule has 0 saturated carbocycles. The molecular weight excluding hydrogens is 540 g/mol. The van der Waals surface area contributed by atoms with Crippen molar-refractivity contribution < 1.29 is 27.4 Å². The molecule has 0 bridgehead atoms. The number of anilines is 1. The predicted octanol–water partition coefficient (Wildman–Crippen LogP) is 3.87. The first-order chi connectivity index (χ1) is 18.5. The zero-order chi connectivity index (χ0) is 28.7. The SMILES string of the molecule is CCCCN1C(=O)C(/C=C/C=C/C=C2/C(=O)N(c3ccc(S(=O)(=O)O)cc3)N=C2C)C(=O)N(CCCC)C1=S. The van der Waals surface area contributed by atoms with Crippen LogP contribution in [0.4, 0.5) is 5.69 Å². The van der Waals surface area contributed by atoms with E-state index >= 15 is 0 Å². The van der Waals surface area contributed by atoms with Crippen LogP contribution < -0.4 is 5.01 Å². The van der Waals surface area contributed by atoms with E-state index in [-0.39, 0.29) is 21.8 Å². The summed E-state index contributed by atoms with van der Waals surface area (Å²) in [6, 6.07) is 5.11. The molecule has 3 amide bonds. The lowest BCUT2D eigenvalue weighted by Crippen LogP contribution is -2.59. The van der Waals surface area contributed by atoms with Crippen molar-refractivity contribution >= 4 is 56.6 Å². The van der Waals surface area contributed by atoms with Crippen LogP contribution in [0.2, 0.25) is 0 Å². The molecule has 39 heavy (non-hydrogen) atoms. The molecule has 0 unspecified atom stereocenters. The number of carbonyl (C=O) groups is 3. The summed E-state index contributed by atoms with van der Waals surface area (Å²) in [5.41, 5.74) is 1.12. The Morgan fingerprint density at radius 3 is 2.03 bits per heavy atom. The van der Waals surface area contributed by atoms with Gasteiger partial charge in [0.25, 0.3) is 16.0 Å². The molecule has 0 aromatic heterocycles. The molecule has 2 aliphatic rings. The van der Waals surface area contributed by atoms with Crippen LogP contribution in [0, 0.1) is 5.92 Å². The molecule has 0 radical (unpaired) electrons. The fourth-order valence-corrected chi connectivity index (χ4v) is 4.86. The number of nitrogens with zero attached hydrogens (tertiary/aromatic N) is 4. The molecule has 0 spiro atoms. The van der Waals surface area contributed by atoms with Gasteiger partial charge in [0.1, 0.15) is 5.92 Å². The van der Waals surface area contributed by atoms with Crippen molar-refractivity contribution in [3.63, 3.8) is 0 Å². The molecule has 1 fully saturated rings. The Morgan fingerprint density at radius 1 is 0.949 bits per heavy atom. The molecule has 1 aromatic carbocycles. The first-order valence-electron chi connectivity index (χ1n) is 12.7. The number of benzene rings is 1. The van der Waals surface area contributed by atoms with E-state index in [0.29, 0.717) is 30.1 Å². The highest BCUT2D eigenvalue weighted by Gasteiger charge is 2.41. The third-order valence-electron chi connectivity index (χ3n) is 6.23. The molecule has 1 saturated heterocycles. The number of hydrogen-bond donors (Lipinski definition) is 1. The van der Waals surface area contributed by atoms with E-state index in [9.17, 15) is 22.8 Å². The first-order valence-corrected chi connectivity index (χ1v) is 14.6. The summed E-state index contributed by atoms with van der Waals surface area (Å²) in [5, 5.41) is 5.64. The smallest absolute Gasteiger partial charge is 0.288 e. The summed E-state index contributed by atoms with van der Waals surface area (Å²) < 4.78 is 31.6. The van der Waals surface area contributed by atoms with E-state index in [2.05, 4.69) is 5.10 Å². The van der Waals surface area contributed by atoms with Crippen molar-refractivity contribution in [3.8, 4) is 0 Å². The van der Waals surface area contributed by atoms with E-state index in [1.807, 2.05) is 13.8 Å². The summed E-state index contributed by atoms with van der Waals surface area (Å²) in [6.45, 7) is 6.64. The molecule has 0 atom stereocenters. The monoisotopic (exact) mass is 572 g/mol. The average Bonchev–Trinajstić information content (AvgIpc) is 3.18. The van der Waals surface area contributed by atoms with Crippen LogP contribution in [0.15, 0.2) is 70.2 Å². The van der Waals surface area contributed by atoms with Crippen LogP contribution in [0.25, 0.3) is 0 Å². The number of unbranched alkanes of at least 4 members (excludes halogenated alkanes) is 2. The molecule has 2 aliphatic heterocycles. The maximum absolute atomic E-state index is 13.1. The Balaban J connectivity index is 1.73. The van der Waals surface area contributed by atoms with Gasteiger partial charge in [0.2, 0.25) is 11.8 Å². The Kier molecular flexibility index (Phi) is 10.1. The van der Waals surface area contributed by atoms with E-state index in [1.54, 1.807) is 37.3 Å². The van der Waals surface area contributed by atoms with E-state index in [1.165, 1.54) is 34.1 Å². The number of carbonyl (C=O) groups excluding carboxylic acids is 3. The summed E-state index contributed by atoms with van der Waals surface area (Å²) in [4.78, 5) is 41.8. The Morgan fingerprint density at radius 2 is 1.51 bits per heavy atom. The number of hydrogen-bond acceptors (Lipinski definition) is 7. The highest BCUT2D eigenvalue weighted by atomic mass is 32.2. The normalized spacial score (nSPS) is 18.5. The average molecular weight is 573 g/mol. The third kappa shape index (κ3) is 6.94. The number of amides is 3. The highest BCUT2D eigenvalue weighted by molar-refractivity contribution is 7.85. The zero-order valence-electron chi connectivity index (χ0n) is 22.1. The van der Waals surface area contributed by atoms with Gasteiger partial charge in [-0.05, 0) is 62.3 Å². The van der Waals surface area contributed by atoms with E-state index in [0.717, 1.165) is 30.7 Å². The van der Waals surface area contributed by atoms with Gasteiger partial charge >= 0.3 is 0 Å². The molecule has 0 aliphatic carbocycles. The fourth-order valence-electron chi connectivity index (χ4n) is 4.02. The van der Waals surface area contributed by atoms with Gasteiger partial charge in [-0.1, -0.05) is 51.0 Å². The van der Waals surface area contributed by atoms with Gasteiger partial charge in [-0.15, -0.1) is 0 Å². The number of allylic oxidation sites excluding steroid dienone is 4. The minimum atomic E-state index is -4.35. The van der Waals surface area contributed by atoms with Gasteiger partial charge in [-0.3, -0.25) is 28.7 Å². The van der Waals surface area contributed by atoms with Crippen molar-refractivity contribution in [1.82, 2.24) is 9.80 Å². The minimum absolute atomic E-state index is 0.267. The molecule has 1 aromatic rings. The second-order valence-corrected chi connectivity index (χ2v) is 10.9. The maximum Gasteiger partial charge on any atom is 0.294 e. The topological polar surface area (TPSA) is 128 Å². The fraction of sp³-hybridized carbons (Fsp3) is 0.370. The Bertz CT molecular complexity index is 1330. The Hall–Kier alpha value is -3.48. The summed E-state index contributed by atoms with van der Waals surface area (Å²) in [5.74, 6) is -2.05. The number of thiocarbonyl (C=S) groups is 1. The zero-order valence-corrected chi connectivity index (χ0v) is 23.7. The van der Waals surface area contributed by atoms with Crippen LogP contribution >= 0.6 is 12.2 Å². The number of hydrazone groups is 1. The van der Waals surface area contributed by atoms with Crippen LogP contribution in [-0.4, -0.2) is 64.4 Å². The lowest BCUT2D eigenvalue weighted by atomic mass is 10.0. The highest BCUT2D eigenvalue weighted by Crippen LogP contribution is 2.25. The van der Waals surface area contributed by atoms with Crippen molar-refractivity contribution in [2.75, 3.05) is 18.1 Å². The standard InChI is InChI=1S/C27H32N4O6S2/c1-4-6-17-29-24(32)23(25(33)30(27(29)38)18-7-5-2)12-10-8-9-11-22-19(3)28-31(26(22)34)20-13-15-21(16-14-20)39(35,36)37/h8-16,23H,4-7,17-18H2,1-3H3,(H,35,36,37)/b9-8+,12-10+,22-11+. The van der Waals surface area contributed by atoms with Gasteiger partial charge in [-0.2, -0.15) is 18.5 Å². The van der Waals surface area contributed by atoms with Crippen LogP contribution in [0.3, 0.4) is 0 Å². The van der Waals surface area contributed by atoms with Gasteiger partial charge in [-0.25, -0.2) is 0 Å². The second kappa shape index (κ2) is 13.0. The maximum atomic E-state index is 13.1. The molecule has 2 heterocycles. The van der Waals surface area contributed by atoms with Gasteiger partial charge < -0.3 is 0 Å². The quantitative estimate of drug-likeness (QED) is 0.140. The minimum Gasteiger partial charge on any atom is -0.288 e. The molecule has 10 nitrogen and oxygen atoms in total. The van der Waals surface area contributed by atoms with Crippen molar-refractivity contribution in [3.05, 3.63) is 60.2 Å².